The van der Waals surface area contributed by atoms with Crippen LogP contribution >= 0.6 is 0 Å². The molecule has 2 aromatic rings. The third-order valence-electron chi connectivity index (χ3n) is 2.93. The van der Waals surface area contributed by atoms with Crippen LogP contribution in [0.2, 0.25) is 0 Å². The molecule has 2 N–H and O–H groups in total. The lowest BCUT2D eigenvalue weighted by Gasteiger charge is -2.15. The summed E-state index contributed by atoms with van der Waals surface area (Å²) in [5.41, 5.74) is 1.71. The summed E-state index contributed by atoms with van der Waals surface area (Å²) in [7, 11) is 0. The predicted molar refractivity (Wildman–Crippen MR) is 74.4 cm³/mol. The Hall–Kier alpha value is -2.43. The summed E-state index contributed by atoms with van der Waals surface area (Å²) in [5.74, 6) is -0.796. The molecule has 0 bridgehead atoms. The molecule has 104 valence electrons. The van der Waals surface area contributed by atoms with Gasteiger partial charge < -0.3 is 10.4 Å². The van der Waals surface area contributed by atoms with Gasteiger partial charge in [-0.15, -0.1) is 0 Å². The fourth-order valence-corrected chi connectivity index (χ4v) is 1.92. The second kappa shape index (κ2) is 5.69. The minimum atomic E-state index is -0.993. The number of aryl methyl sites for hydroxylation is 1. The van der Waals surface area contributed by atoms with Gasteiger partial charge in [0.2, 0.25) is 0 Å². The fourth-order valence-electron chi connectivity index (χ4n) is 1.92. The van der Waals surface area contributed by atoms with Crippen LogP contribution in [0.1, 0.15) is 34.6 Å². The van der Waals surface area contributed by atoms with E-state index in [4.69, 9.17) is 5.11 Å². The van der Waals surface area contributed by atoms with Gasteiger partial charge >= 0.3 is 5.97 Å². The second-order valence-corrected chi connectivity index (χ2v) is 4.61. The fraction of sp³-hybridized carbons (Fsp3) is 0.200. The van der Waals surface area contributed by atoms with Crippen LogP contribution < -0.4 is 5.32 Å². The molecule has 1 heterocycles. The third kappa shape index (κ3) is 3.32. The van der Waals surface area contributed by atoms with E-state index in [1.165, 1.54) is 24.3 Å². The minimum Gasteiger partial charge on any atom is -0.478 e. The number of benzene rings is 1. The average molecular weight is 274 g/mol. The Morgan fingerprint density at radius 2 is 1.95 bits per heavy atom. The molecular weight excluding hydrogens is 259 g/mol. The molecule has 4 nitrogen and oxygen atoms in total. The van der Waals surface area contributed by atoms with Crippen LogP contribution in [0, 0.1) is 12.7 Å². The maximum atomic E-state index is 12.9. The van der Waals surface area contributed by atoms with Gasteiger partial charge in [0.15, 0.2) is 0 Å². The topological polar surface area (TPSA) is 62.2 Å². The van der Waals surface area contributed by atoms with Crippen molar-refractivity contribution < 1.29 is 14.3 Å². The van der Waals surface area contributed by atoms with E-state index in [1.807, 2.05) is 6.92 Å². The number of carbonyl (C=O) groups is 1. The normalized spacial score (nSPS) is 11.9. The van der Waals surface area contributed by atoms with Crippen LogP contribution in [0.25, 0.3) is 0 Å². The van der Waals surface area contributed by atoms with E-state index in [0.717, 1.165) is 5.56 Å². The zero-order valence-electron chi connectivity index (χ0n) is 11.2. The van der Waals surface area contributed by atoms with Crippen molar-refractivity contribution in [3.8, 4) is 0 Å². The average Bonchev–Trinajstić information content (AvgIpc) is 2.38. The number of hydrogen-bond acceptors (Lipinski definition) is 3. The van der Waals surface area contributed by atoms with Crippen molar-refractivity contribution in [1.29, 1.82) is 0 Å². The molecule has 0 aliphatic rings. The second-order valence-electron chi connectivity index (χ2n) is 4.61. The molecule has 0 amide bonds. The Morgan fingerprint density at radius 3 is 2.55 bits per heavy atom. The van der Waals surface area contributed by atoms with Gasteiger partial charge in [-0.25, -0.2) is 14.2 Å². The van der Waals surface area contributed by atoms with E-state index in [2.05, 4.69) is 10.3 Å². The highest BCUT2D eigenvalue weighted by Gasteiger charge is 2.10. The number of carboxylic acid groups (broad SMARTS) is 1. The first kappa shape index (κ1) is 14.0. The highest BCUT2D eigenvalue weighted by molar-refractivity contribution is 5.88. The molecule has 1 unspecified atom stereocenters. The lowest BCUT2D eigenvalue weighted by atomic mass is 10.1. The maximum absolute atomic E-state index is 12.9. The van der Waals surface area contributed by atoms with Crippen LogP contribution in [0.5, 0.6) is 0 Å². The van der Waals surface area contributed by atoms with Crippen molar-refractivity contribution in [3.05, 3.63) is 59.0 Å². The molecule has 0 aliphatic heterocycles. The van der Waals surface area contributed by atoms with Crippen LogP contribution in [-0.2, 0) is 0 Å². The minimum absolute atomic E-state index is 0.105. The van der Waals surface area contributed by atoms with Crippen LogP contribution in [0.15, 0.2) is 36.4 Å². The van der Waals surface area contributed by atoms with Gasteiger partial charge in [-0.2, -0.15) is 0 Å². The molecule has 5 heteroatoms. The Morgan fingerprint density at radius 1 is 1.30 bits per heavy atom. The van der Waals surface area contributed by atoms with Crippen molar-refractivity contribution in [1.82, 2.24) is 4.98 Å². The van der Waals surface area contributed by atoms with Crippen molar-refractivity contribution in [2.24, 2.45) is 0 Å². The summed E-state index contributed by atoms with van der Waals surface area (Å²) >= 11 is 0. The van der Waals surface area contributed by atoms with Gasteiger partial charge in [-0.3, -0.25) is 0 Å². The summed E-state index contributed by atoms with van der Waals surface area (Å²) in [6.07, 6.45) is 0. The molecule has 0 saturated heterocycles. The van der Waals surface area contributed by atoms with Crippen molar-refractivity contribution in [2.75, 3.05) is 5.32 Å². The highest BCUT2D eigenvalue weighted by Crippen LogP contribution is 2.19. The number of hydrogen-bond donors (Lipinski definition) is 2. The van der Waals surface area contributed by atoms with E-state index < -0.39 is 5.97 Å². The lowest BCUT2D eigenvalue weighted by Crippen LogP contribution is -2.10. The molecule has 0 fully saturated rings. The largest absolute Gasteiger partial charge is 0.478 e. The Kier molecular flexibility index (Phi) is 3.98. The molecule has 1 atom stereocenters. The van der Waals surface area contributed by atoms with Crippen LogP contribution in [-0.4, -0.2) is 16.1 Å². The highest BCUT2D eigenvalue weighted by atomic mass is 19.1. The summed E-state index contributed by atoms with van der Waals surface area (Å²) in [6, 6.07) is 9.03. The van der Waals surface area contributed by atoms with Gasteiger partial charge in [0, 0.05) is 11.7 Å². The van der Waals surface area contributed by atoms with Crippen molar-refractivity contribution >= 4 is 11.8 Å². The zero-order valence-corrected chi connectivity index (χ0v) is 11.2. The number of aromatic nitrogens is 1. The smallest absolute Gasteiger partial charge is 0.335 e. The molecule has 0 saturated carbocycles. The van der Waals surface area contributed by atoms with Gasteiger partial charge in [0.25, 0.3) is 0 Å². The Labute approximate surface area is 116 Å². The van der Waals surface area contributed by atoms with E-state index in [0.29, 0.717) is 11.5 Å². The standard InChI is InChI=1S/C15H15FN2O2/c1-9-7-12(15(19)20)8-14(17-9)18-10(2)11-3-5-13(16)6-4-11/h3-8,10H,1-2H3,(H,17,18)(H,19,20). The summed E-state index contributed by atoms with van der Waals surface area (Å²) in [5, 5.41) is 12.1. The molecule has 0 aliphatic carbocycles. The van der Waals surface area contributed by atoms with E-state index in [9.17, 15) is 9.18 Å². The summed E-state index contributed by atoms with van der Waals surface area (Å²) in [4.78, 5) is 15.3. The molecule has 0 radical (unpaired) electrons. The molecule has 1 aromatic carbocycles. The number of pyridine rings is 1. The lowest BCUT2D eigenvalue weighted by molar-refractivity contribution is 0.0696. The van der Waals surface area contributed by atoms with E-state index >= 15 is 0 Å². The first-order chi connectivity index (χ1) is 9.45. The SMILES string of the molecule is Cc1cc(C(=O)O)cc(NC(C)c2ccc(F)cc2)n1. The predicted octanol–water partition coefficient (Wildman–Crippen LogP) is 3.40. The first-order valence-corrected chi connectivity index (χ1v) is 6.19. The van der Waals surface area contributed by atoms with Gasteiger partial charge in [-0.1, -0.05) is 12.1 Å². The number of rotatable bonds is 4. The van der Waals surface area contributed by atoms with Crippen molar-refractivity contribution in [3.63, 3.8) is 0 Å². The quantitative estimate of drug-likeness (QED) is 0.897. The van der Waals surface area contributed by atoms with Gasteiger partial charge in [-0.05, 0) is 43.7 Å². The third-order valence-corrected chi connectivity index (χ3v) is 2.93. The molecule has 20 heavy (non-hydrogen) atoms. The molecular formula is C15H15FN2O2. The first-order valence-electron chi connectivity index (χ1n) is 6.19. The molecule has 0 spiro atoms. The van der Waals surface area contributed by atoms with E-state index in [1.54, 1.807) is 19.1 Å². The number of halogens is 1. The monoisotopic (exact) mass is 274 g/mol. The number of anilines is 1. The zero-order chi connectivity index (χ0) is 14.7. The number of nitrogens with zero attached hydrogens (tertiary/aromatic N) is 1. The van der Waals surface area contributed by atoms with Crippen LogP contribution in [0.3, 0.4) is 0 Å². The summed E-state index contributed by atoms with van der Waals surface area (Å²) < 4.78 is 12.9. The number of carboxylic acids is 1. The maximum Gasteiger partial charge on any atom is 0.335 e. The Bertz CT molecular complexity index is 626. The van der Waals surface area contributed by atoms with Gasteiger partial charge in [0.05, 0.1) is 5.56 Å². The number of aromatic carboxylic acids is 1. The van der Waals surface area contributed by atoms with E-state index in [-0.39, 0.29) is 17.4 Å². The molecule has 1 aromatic heterocycles. The number of nitrogens with one attached hydrogen (secondary N) is 1. The molecule has 2 rings (SSSR count). The van der Waals surface area contributed by atoms with Gasteiger partial charge in [0.1, 0.15) is 11.6 Å². The van der Waals surface area contributed by atoms with Crippen LogP contribution in [0.4, 0.5) is 10.2 Å². The summed E-state index contributed by atoms with van der Waals surface area (Å²) in [6.45, 7) is 3.64. The van der Waals surface area contributed by atoms with Crippen molar-refractivity contribution in [2.45, 2.75) is 19.9 Å². The Balaban J connectivity index is 2.21.